The molecular formula is C14H31N. The highest BCUT2D eigenvalue weighted by molar-refractivity contribution is 4.75. The second kappa shape index (κ2) is 6.52. The molecule has 0 saturated carbocycles. The van der Waals surface area contributed by atoms with Crippen LogP contribution in [-0.4, -0.2) is 23.5 Å². The molecular weight excluding hydrogens is 182 g/mol. The van der Waals surface area contributed by atoms with Crippen molar-refractivity contribution in [2.75, 3.05) is 6.54 Å². The Kier molecular flexibility index (Phi) is 6.51. The predicted molar refractivity (Wildman–Crippen MR) is 70.1 cm³/mol. The van der Waals surface area contributed by atoms with Gasteiger partial charge in [0, 0.05) is 18.6 Å². The first-order valence-electron chi connectivity index (χ1n) is 6.53. The van der Waals surface area contributed by atoms with Gasteiger partial charge in [0.05, 0.1) is 0 Å². The van der Waals surface area contributed by atoms with E-state index in [0.29, 0.717) is 12.1 Å². The van der Waals surface area contributed by atoms with Crippen LogP contribution in [0.25, 0.3) is 0 Å². The van der Waals surface area contributed by atoms with Gasteiger partial charge in [-0.05, 0) is 45.4 Å². The molecule has 0 radical (unpaired) electrons. The van der Waals surface area contributed by atoms with E-state index in [1.807, 2.05) is 0 Å². The average molecular weight is 213 g/mol. The molecule has 0 aromatic heterocycles. The maximum absolute atomic E-state index is 2.62. The van der Waals surface area contributed by atoms with Crippen molar-refractivity contribution in [3.8, 4) is 0 Å². The van der Waals surface area contributed by atoms with Gasteiger partial charge in [-0.3, -0.25) is 4.90 Å². The molecule has 0 saturated heterocycles. The van der Waals surface area contributed by atoms with Crippen molar-refractivity contribution in [1.29, 1.82) is 0 Å². The molecule has 0 heterocycles. The molecule has 0 fully saturated rings. The Bertz CT molecular complexity index is 125. The van der Waals surface area contributed by atoms with Crippen molar-refractivity contribution in [3.63, 3.8) is 0 Å². The van der Waals surface area contributed by atoms with Crippen LogP contribution in [0.2, 0.25) is 0 Å². The smallest absolute Gasteiger partial charge is 0.00414 e. The molecule has 0 unspecified atom stereocenters. The fraction of sp³-hybridized carbons (Fsp3) is 1.00. The minimum Gasteiger partial charge on any atom is -0.298 e. The summed E-state index contributed by atoms with van der Waals surface area (Å²) in [6, 6.07) is 1.31. The lowest BCUT2D eigenvalue weighted by Crippen LogP contribution is -2.42. The summed E-state index contributed by atoms with van der Waals surface area (Å²) < 4.78 is 0. The van der Waals surface area contributed by atoms with E-state index < -0.39 is 0 Å². The van der Waals surface area contributed by atoms with E-state index in [1.165, 1.54) is 6.54 Å². The molecule has 0 bridgehead atoms. The quantitative estimate of drug-likeness (QED) is 0.644. The van der Waals surface area contributed by atoms with E-state index in [2.05, 4.69) is 60.3 Å². The van der Waals surface area contributed by atoms with Crippen LogP contribution in [0.5, 0.6) is 0 Å². The van der Waals surface area contributed by atoms with Gasteiger partial charge >= 0.3 is 0 Å². The fourth-order valence-corrected chi connectivity index (χ4v) is 2.45. The van der Waals surface area contributed by atoms with E-state index >= 15 is 0 Å². The lowest BCUT2D eigenvalue weighted by atomic mass is 9.84. The number of rotatable bonds is 6. The highest BCUT2D eigenvalue weighted by atomic mass is 15.2. The number of nitrogens with zero attached hydrogens (tertiary/aromatic N) is 1. The van der Waals surface area contributed by atoms with Gasteiger partial charge in [0.1, 0.15) is 0 Å². The minimum absolute atomic E-state index is 0.657. The Morgan fingerprint density at radius 3 is 1.20 bits per heavy atom. The van der Waals surface area contributed by atoms with Gasteiger partial charge < -0.3 is 0 Å². The normalized spacial score (nSPS) is 13.2. The van der Waals surface area contributed by atoms with E-state index in [-0.39, 0.29) is 0 Å². The third kappa shape index (κ3) is 5.01. The van der Waals surface area contributed by atoms with E-state index in [9.17, 15) is 0 Å². The van der Waals surface area contributed by atoms with Crippen LogP contribution < -0.4 is 0 Å². The Balaban J connectivity index is 4.48. The van der Waals surface area contributed by atoms with Crippen LogP contribution in [0.15, 0.2) is 0 Å². The third-order valence-electron chi connectivity index (χ3n) is 3.46. The van der Waals surface area contributed by atoms with Crippen molar-refractivity contribution in [2.24, 2.45) is 17.8 Å². The van der Waals surface area contributed by atoms with Crippen LogP contribution in [-0.2, 0) is 0 Å². The second-order valence-electron chi connectivity index (χ2n) is 6.04. The summed E-state index contributed by atoms with van der Waals surface area (Å²) in [7, 11) is 0. The third-order valence-corrected chi connectivity index (χ3v) is 3.46. The van der Waals surface area contributed by atoms with Crippen molar-refractivity contribution < 1.29 is 0 Å². The van der Waals surface area contributed by atoms with Crippen molar-refractivity contribution in [2.45, 2.75) is 67.5 Å². The van der Waals surface area contributed by atoms with E-state index in [0.717, 1.165) is 17.8 Å². The fourth-order valence-electron chi connectivity index (χ4n) is 2.45. The summed E-state index contributed by atoms with van der Waals surface area (Å²) in [5.41, 5.74) is 0. The first-order valence-corrected chi connectivity index (χ1v) is 6.53. The molecule has 0 aromatic rings. The number of hydrogen-bond acceptors (Lipinski definition) is 1. The maximum Gasteiger partial charge on any atom is 0.00414 e. The molecule has 1 heteroatoms. The maximum atomic E-state index is 2.62. The minimum atomic E-state index is 0.657. The molecule has 0 aliphatic carbocycles. The molecule has 0 aliphatic rings. The molecule has 0 aromatic carbocycles. The highest BCUT2D eigenvalue weighted by Crippen LogP contribution is 2.23. The molecule has 1 nitrogen and oxygen atoms in total. The van der Waals surface area contributed by atoms with Crippen LogP contribution in [0.4, 0.5) is 0 Å². The zero-order chi connectivity index (χ0) is 12.2. The standard InChI is InChI=1S/C14H31N/c1-10(2)14(11(3)4)9-15(12(5)6)13(7)8/h10-14H,9H2,1-8H3. The van der Waals surface area contributed by atoms with Gasteiger partial charge in [-0.15, -0.1) is 0 Å². The summed E-state index contributed by atoms with van der Waals surface area (Å²) >= 11 is 0. The molecule has 15 heavy (non-hydrogen) atoms. The molecule has 0 atom stereocenters. The average Bonchev–Trinajstić information content (AvgIpc) is 2.01. The van der Waals surface area contributed by atoms with Gasteiger partial charge in [0.25, 0.3) is 0 Å². The van der Waals surface area contributed by atoms with Gasteiger partial charge in [0.2, 0.25) is 0 Å². The highest BCUT2D eigenvalue weighted by Gasteiger charge is 2.23. The molecule has 0 aliphatic heterocycles. The van der Waals surface area contributed by atoms with Crippen LogP contribution >= 0.6 is 0 Å². The Hall–Kier alpha value is -0.0400. The van der Waals surface area contributed by atoms with Crippen molar-refractivity contribution in [3.05, 3.63) is 0 Å². The first-order chi connectivity index (χ1) is 6.77. The SMILES string of the molecule is CC(C)C(CN(C(C)C)C(C)C)C(C)C. The largest absolute Gasteiger partial charge is 0.298 e. The van der Waals surface area contributed by atoms with Crippen molar-refractivity contribution >= 4 is 0 Å². The Morgan fingerprint density at radius 1 is 0.667 bits per heavy atom. The first kappa shape index (κ1) is 15.0. The lowest BCUT2D eigenvalue weighted by Gasteiger charge is -2.37. The Morgan fingerprint density at radius 2 is 1.00 bits per heavy atom. The monoisotopic (exact) mass is 213 g/mol. The Labute approximate surface area is 97.2 Å². The predicted octanol–water partition coefficient (Wildman–Crippen LogP) is 4.03. The molecule has 0 rings (SSSR count). The summed E-state index contributed by atoms with van der Waals surface area (Å²) in [6.45, 7) is 19.9. The van der Waals surface area contributed by atoms with Crippen LogP contribution in [0.1, 0.15) is 55.4 Å². The summed E-state index contributed by atoms with van der Waals surface area (Å²) in [5, 5.41) is 0. The summed E-state index contributed by atoms with van der Waals surface area (Å²) in [5.74, 6) is 2.38. The molecule has 0 spiro atoms. The van der Waals surface area contributed by atoms with Crippen molar-refractivity contribution in [1.82, 2.24) is 4.90 Å². The van der Waals surface area contributed by atoms with Gasteiger partial charge in [-0.2, -0.15) is 0 Å². The van der Waals surface area contributed by atoms with Crippen LogP contribution in [0.3, 0.4) is 0 Å². The summed E-state index contributed by atoms with van der Waals surface area (Å²) in [6.07, 6.45) is 0. The molecule has 0 N–H and O–H groups in total. The zero-order valence-electron chi connectivity index (χ0n) is 12.0. The van der Waals surface area contributed by atoms with Gasteiger partial charge in [-0.1, -0.05) is 27.7 Å². The molecule has 0 amide bonds. The van der Waals surface area contributed by atoms with E-state index in [1.54, 1.807) is 0 Å². The second-order valence-corrected chi connectivity index (χ2v) is 6.04. The lowest BCUT2D eigenvalue weighted by molar-refractivity contribution is 0.109. The molecule has 92 valence electrons. The summed E-state index contributed by atoms with van der Waals surface area (Å²) in [4.78, 5) is 2.62. The zero-order valence-corrected chi connectivity index (χ0v) is 12.0. The van der Waals surface area contributed by atoms with Gasteiger partial charge in [0.15, 0.2) is 0 Å². The van der Waals surface area contributed by atoms with Crippen LogP contribution in [0, 0.1) is 17.8 Å². The van der Waals surface area contributed by atoms with Gasteiger partial charge in [-0.25, -0.2) is 0 Å². The topological polar surface area (TPSA) is 3.24 Å². The van der Waals surface area contributed by atoms with E-state index in [4.69, 9.17) is 0 Å². The number of hydrogen-bond donors (Lipinski definition) is 0.